The van der Waals surface area contributed by atoms with Gasteiger partial charge in [-0.3, -0.25) is 0 Å². The fourth-order valence-corrected chi connectivity index (χ4v) is 5.18. The highest BCUT2D eigenvalue weighted by Crippen LogP contribution is 2.32. The monoisotopic (exact) mass is 346 g/mol. The zero-order chi connectivity index (χ0) is 16.7. The lowest BCUT2D eigenvalue weighted by Crippen LogP contribution is -2.43. The topological polar surface area (TPSA) is 75.2 Å². The van der Waals surface area contributed by atoms with Gasteiger partial charge in [0, 0.05) is 24.5 Å². The van der Waals surface area contributed by atoms with Gasteiger partial charge in [0.25, 0.3) is 0 Å². The normalized spacial score (nSPS) is 20.4. The van der Waals surface area contributed by atoms with Crippen LogP contribution in [0, 0.1) is 6.92 Å². The van der Waals surface area contributed by atoms with Crippen molar-refractivity contribution in [1.29, 1.82) is 0 Å². The van der Waals surface area contributed by atoms with Gasteiger partial charge in [-0.25, -0.2) is 22.7 Å². The summed E-state index contributed by atoms with van der Waals surface area (Å²) in [5.41, 5.74) is 2.09. The smallest absolute Gasteiger partial charge is 0.216 e. The van der Waals surface area contributed by atoms with Gasteiger partial charge in [0.1, 0.15) is 12.1 Å². The van der Waals surface area contributed by atoms with Crippen molar-refractivity contribution in [3.05, 3.63) is 30.1 Å². The molecule has 1 saturated heterocycles. The quantitative estimate of drug-likeness (QED) is 0.919. The Balaban J connectivity index is 1.47. The van der Waals surface area contributed by atoms with E-state index in [1.807, 2.05) is 12.1 Å². The van der Waals surface area contributed by atoms with Gasteiger partial charge in [-0.1, -0.05) is 11.6 Å². The standard InChI is InChI=1S/C17H22N4O2S/c1-12-2-5-16-15(10-12)17(19-11-18-16)20-13-6-8-21(9-7-13)24(22,23)14-3-4-14/h2,5,10-11,13-14H,3-4,6-9H2,1H3,(H,18,19,20). The predicted molar refractivity (Wildman–Crippen MR) is 94.4 cm³/mol. The van der Waals surface area contributed by atoms with Crippen molar-refractivity contribution >= 4 is 26.7 Å². The molecule has 0 radical (unpaired) electrons. The third kappa shape index (κ3) is 2.98. The summed E-state index contributed by atoms with van der Waals surface area (Å²) < 4.78 is 26.3. The fraction of sp³-hybridized carbons (Fsp3) is 0.529. The first kappa shape index (κ1) is 15.8. The van der Waals surface area contributed by atoms with Crippen molar-refractivity contribution in [1.82, 2.24) is 14.3 Å². The maximum absolute atomic E-state index is 12.3. The zero-order valence-corrected chi connectivity index (χ0v) is 14.6. The summed E-state index contributed by atoms with van der Waals surface area (Å²) in [5.74, 6) is 0.840. The van der Waals surface area contributed by atoms with E-state index in [0.717, 1.165) is 42.4 Å². The first-order valence-electron chi connectivity index (χ1n) is 8.51. The Bertz CT molecular complexity index is 856. The molecule has 2 heterocycles. The van der Waals surface area contributed by atoms with E-state index < -0.39 is 10.0 Å². The highest BCUT2D eigenvalue weighted by molar-refractivity contribution is 7.90. The van der Waals surface area contributed by atoms with E-state index in [0.29, 0.717) is 13.1 Å². The molecule has 4 rings (SSSR count). The summed E-state index contributed by atoms with van der Waals surface area (Å²) in [6.45, 7) is 3.24. The molecule has 24 heavy (non-hydrogen) atoms. The largest absolute Gasteiger partial charge is 0.367 e. The minimum atomic E-state index is -3.05. The van der Waals surface area contributed by atoms with Crippen LogP contribution in [0.3, 0.4) is 0 Å². The second-order valence-corrected chi connectivity index (χ2v) is 9.02. The fourth-order valence-electron chi connectivity index (χ4n) is 3.31. The molecule has 1 aromatic heterocycles. The summed E-state index contributed by atoms with van der Waals surface area (Å²) in [5, 5.41) is 4.40. The molecule has 128 valence electrons. The van der Waals surface area contributed by atoms with Gasteiger partial charge in [0.2, 0.25) is 10.0 Å². The van der Waals surface area contributed by atoms with Gasteiger partial charge < -0.3 is 5.32 Å². The maximum Gasteiger partial charge on any atom is 0.216 e. The van der Waals surface area contributed by atoms with E-state index in [1.54, 1.807) is 10.6 Å². The molecular weight excluding hydrogens is 324 g/mol. The molecule has 2 aliphatic rings. The summed E-state index contributed by atoms with van der Waals surface area (Å²) in [4.78, 5) is 8.70. The first-order chi connectivity index (χ1) is 11.5. The van der Waals surface area contributed by atoms with Gasteiger partial charge in [0.05, 0.1) is 10.8 Å². The van der Waals surface area contributed by atoms with Crippen LogP contribution in [0.5, 0.6) is 0 Å². The lowest BCUT2D eigenvalue weighted by molar-refractivity contribution is 0.329. The van der Waals surface area contributed by atoms with Crippen molar-refractivity contribution < 1.29 is 8.42 Å². The minimum absolute atomic E-state index is 0.115. The van der Waals surface area contributed by atoms with E-state index in [4.69, 9.17) is 0 Å². The number of hydrogen-bond acceptors (Lipinski definition) is 5. The van der Waals surface area contributed by atoms with Gasteiger partial charge >= 0.3 is 0 Å². The molecule has 1 aliphatic heterocycles. The number of anilines is 1. The van der Waals surface area contributed by atoms with E-state index in [-0.39, 0.29) is 11.3 Å². The van der Waals surface area contributed by atoms with Crippen LogP contribution in [0.15, 0.2) is 24.5 Å². The van der Waals surface area contributed by atoms with Gasteiger partial charge in [-0.05, 0) is 44.7 Å². The number of nitrogens with one attached hydrogen (secondary N) is 1. The average molecular weight is 346 g/mol. The molecule has 0 spiro atoms. The molecule has 0 bridgehead atoms. The first-order valence-corrected chi connectivity index (χ1v) is 10.0. The molecule has 7 heteroatoms. The molecule has 1 N–H and O–H groups in total. The van der Waals surface area contributed by atoms with E-state index >= 15 is 0 Å². The third-order valence-corrected chi connectivity index (χ3v) is 7.29. The number of nitrogens with zero attached hydrogens (tertiary/aromatic N) is 3. The molecule has 6 nitrogen and oxygen atoms in total. The molecule has 0 atom stereocenters. The van der Waals surface area contributed by atoms with Crippen molar-refractivity contribution in [3.8, 4) is 0 Å². The average Bonchev–Trinajstić information content (AvgIpc) is 3.41. The molecule has 1 aromatic carbocycles. The van der Waals surface area contributed by atoms with Crippen LogP contribution in [0.2, 0.25) is 0 Å². The van der Waals surface area contributed by atoms with Crippen LogP contribution in [-0.2, 0) is 10.0 Å². The van der Waals surface area contributed by atoms with Crippen molar-refractivity contribution in [2.45, 2.75) is 43.9 Å². The lowest BCUT2D eigenvalue weighted by Gasteiger charge is -2.32. The highest BCUT2D eigenvalue weighted by atomic mass is 32.2. The molecular formula is C17H22N4O2S. The van der Waals surface area contributed by atoms with Crippen LogP contribution < -0.4 is 5.32 Å². The van der Waals surface area contributed by atoms with E-state index in [2.05, 4.69) is 28.3 Å². The Morgan fingerprint density at radius 2 is 1.88 bits per heavy atom. The third-order valence-electron chi connectivity index (χ3n) is 4.89. The predicted octanol–water partition coefficient (Wildman–Crippen LogP) is 2.31. The minimum Gasteiger partial charge on any atom is -0.367 e. The van der Waals surface area contributed by atoms with Crippen molar-refractivity contribution in [2.24, 2.45) is 0 Å². The number of aromatic nitrogens is 2. The summed E-state index contributed by atoms with van der Waals surface area (Å²) in [6.07, 6.45) is 4.85. The lowest BCUT2D eigenvalue weighted by atomic mass is 10.1. The Kier molecular flexibility index (Phi) is 3.92. The number of benzene rings is 1. The van der Waals surface area contributed by atoms with Crippen molar-refractivity contribution in [3.63, 3.8) is 0 Å². The Labute approximate surface area is 142 Å². The number of sulfonamides is 1. The van der Waals surface area contributed by atoms with E-state index in [9.17, 15) is 8.42 Å². The molecule has 0 amide bonds. The molecule has 1 saturated carbocycles. The highest BCUT2D eigenvalue weighted by Gasteiger charge is 2.41. The summed E-state index contributed by atoms with van der Waals surface area (Å²) in [6, 6.07) is 6.38. The van der Waals surface area contributed by atoms with Crippen LogP contribution in [0.4, 0.5) is 5.82 Å². The van der Waals surface area contributed by atoms with E-state index in [1.165, 1.54) is 5.56 Å². The number of aryl methyl sites for hydroxylation is 1. The number of fused-ring (bicyclic) bond motifs is 1. The summed E-state index contributed by atoms with van der Waals surface area (Å²) >= 11 is 0. The Morgan fingerprint density at radius 1 is 1.12 bits per heavy atom. The molecule has 0 unspecified atom stereocenters. The van der Waals surface area contributed by atoms with Gasteiger partial charge in [-0.15, -0.1) is 0 Å². The van der Waals surface area contributed by atoms with Crippen LogP contribution in [-0.4, -0.2) is 47.1 Å². The summed E-state index contributed by atoms with van der Waals surface area (Å²) in [7, 11) is -3.05. The number of hydrogen-bond donors (Lipinski definition) is 1. The van der Waals surface area contributed by atoms with Gasteiger partial charge in [0.15, 0.2) is 0 Å². The van der Waals surface area contributed by atoms with Crippen LogP contribution in [0.25, 0.3) is 10.9 Å². The number of piperidine rings is 1. The van der Waals surface area contributed by atoms with Crippen LogP contribution in [0.1, 0.15) is 31.2 Å². The number of rotatable bonds is 4. The molecule has 2 aromatic rings. The second kappa shape index (κ2) is 5.97. The molecule has 2 fully saturated rings. The van der Waals surface area contributed by atoms with Crippen LogP contribution >= 0.6 is 0 Å². The van der Waals surface area contributed by atoms with Crippen molar-refractivity contribution in [2.75, 3.05) is 18.4 Å². The Hall–Kier alpha value is -1.73. The second-order valence-electron chi connectivity index (χ2n) is 6.80. The molecule has 1 aliphatic carbocycles. The Morgan fingerprint density at radius 3 is 2.58 bits per heavy atom. The maximum atomic E-state index is 12.3. The zero-order valence-electron chi connectivity index (χ0n) is 13.8. The SMILES string of the molecule is Cc1ccc2ncnc(NC3CCN(S(=O)(=O)C4CC4)CC3)c2c1. The van der Waals surface area contributed by atoms with Gasteiger partial charge in [-0.2, -0.15) is 0 Å².